The molecule has 19 heavy (non-hydrogen) atoms. The molecule has 0 spiro atoms. The van der Waals surface area contributed by atoms with Gasteiger partial charge in [-0.3, -0.25) is 4.79 Å². The van der Waals surface area contributed by atoms with Gasteiger partial charge in [0.2, 0.25) is 0 Å². The Kier molecular flexibility index (Phi) is 6.87. The maximum atomic E-state index is 11.8. The van der Waals surface area contributed by atoms with E-state index in [9.17, 15) is 14.7 Å². The molecule has 1 unspecified atom stereocenters. The molecule has 1 amide bonds. The van der Waals surface area contributed by atoms with Gasteiger partial charge in [-0.15, -0.1) is 0 Å². The number of methoxy groups -OCH3 is 1. The number of amides is 1. The highest BCUT2D eigenvalue weighted by Crippen LogP contribution is 2.23. The third-order valence-electron chi connectivity index (χ3n) is 3.55. The van der Waals surface area contributed by atoms with E-state index in [1.165, 1.54) is 12.0 Å². The van der Waals surface area contributed by atoms with E-state index in [-0.39, 0.29) is 17.9 Å². The summed E-state index contributed by atoms with van der Waals surface area (Å²) in [5.41, 5.74) is -0.0613. The van der Waals surface area contributed by atoms with Crippen molar-refractivity contribution < 1.29 is 19.4 Å². The van der Waals surface area contributed by atoms with E-state index in [1.54, 1.807) is 0 Å². The number of carboxylic acids is 1. The average Bonchev–Trinajstić information content (AvgIpc) is 2.32. The lowest BCUT2D eigenvalue weighted by atomic mass is 9.88. The largest absolute Gasteiger partial charge is 0.481 e. The summed E-state index contributed by atoms with van der Waals surface area (Å²) >= 11 is 0. The van der Waals surface area contributed by atoms with Gasteiger partial charge in [-0.25, -0.2) is 4.79 Å². The van der Waals surface area contributed by atoms with Crippen LogP contribution in [0.1, 0.15) is 41.0 Å². The van der Waals surface area contributed by atoms with Crippen molar-refractivity contribution >= 4 is 12.1 Å². The molecule has 0 aliphatic carbocycles. The van der Waals surface area contributed by atoms with E-state index in [4.69, 9.17) is 4.74 Å². The third-order valence-corrected chi connectivity index (χ3v) is 3.55. The molecule has 0 aromatic rings. The number of carboxylic acid groups (broad SMARTS) is 1. The number of ether oxygens (including phenoxy) is 1. The summed E-state index contributed by atoms with van der Waals surface area (Å²) in [6, 6.07) is 0. The van der Waals surface area contributed by atoms with E-state index in [0.29, 0.717) is 6.54 Å². The van der Waals surface area contributed by atoms with Crippen LogP contribution < -0.4 is 0 Å². The van der Waals surface area contributed by atoms with Crippen molar-refractivity contribution in [2.24, 2.45) is 17.3 Å². The molecule has 0 saturated heterocycles. The predicted octanol–water partition coefficient (Wildman–Crippen LogP) is 2.85. The predicted molar refractivity (Wildman–Crippen MR) is 74.0 cm³/mol. The van der Waals surface area contributed by atoms with Crippen LogP contribution in [0.2, 0.25) is 0 Å². The highest BCUT2D eigenvalue weighted by molar-refractivity contribution is 5.72. The number of carbonyl (C=O) groups excluding carboxylic acids is 1. The van der Waals surface area contributed by atoms with Crippen molar-refractivity contribution in [2.75, 3.05) is 20.2 Å². The van der Waals surface area contributed by atoms with Gasteiger partial charge in [0.05, 0.1) is 13.0 Å². The second-order valence-electron chi connectivity index (χ2n) is 6.06. The van der Waals surface area contributed by atoms with Gasteiger partial charge in [0.15, 0.2) is 0 Å². The molecule has 5 heteroatoms. The van der Waals surface area contributed by atoms with Crippen LogP contribution in [0, 0.1) is 17.3 Å². The molecule has 0 aromatic carbocycles. The maximum absolute atomic E-state index is 11.8. The molecular formula is C14H27NO4. The Bertz CT molecular complexity index is 313. The Morgan fingerprint density at radius 3 is 2.16 bits per heavy atom. The van der Waals surface area contributed by atoms with E-state index in [1.807, 2.05) is 34.6 Å². The van der Waals surface area contributed by atoms with Gasteiger partial charge < -0.3 is 14.7 Å². The number of aliphatic carboxylic acids is 1. The molecule has 1 atom stereocenters. The van der Waals surface area contributed by atoms with Crippen LogP contribution in [-0.2, 0) is 9.53 Å². The first-order valence-electron chi connectivity index (χ1n) is 6.70. The van der Waals surface area contributed by atoms with Crippen molar-refractivity contribution in [1.82, 2.24) is 4.90 Å². The fourth-order valence-corrected chi connectivity index (χ4v) is 1.77. The van der Waals surface area contributed by atoms with Crippen molar-refractivity contribution in [3.63, 3.8) is 0 Å². The Hall–Kier alpha value is -1.26. The number of hydrogen-bond donors (Lipinski definition) is 1. The summed E-state index contributed by atoms with van der Waals surface area (Å²) in [6.07, 6.45) is 0.438. The Labute approximate surface area is 115 Å². The van der Waals surface area contributed by atoms with E-state index >= 15 is 0 Å². The minimum Gasteiger partial charge on any atom is -0.481 e. The highest BCUT2D eigenvalue weighted by atomic mass is 16.5. The second-order valence-corrected chi connectivity index (χ2v) is 6.06. The molecule has 0 aliphatic rings. The summed E-state index contributed by atoms with van der Waals surface area (Å²) < 4.78 is 4.76. The van der Waals surface area contributed by atoms with Gasteiger partial charge in [-0.05, 0) is 17.8 Å². The second kappa shape index (κ2) is 7.36. The normalized spacial score (nSPS) is 13.2. The van der Waals surface area contributed by atoms with Crippen LogP contribution in [0.15, 0.2) is 0 Å². The maximum Gasteiger partial charge on any atom is 0.409 e. The zero-order valence-corrected chi connectivity index (χ0v) is 12.9. The van der Waals surface area contributed by atoms with Gasteiger partial charge in [0, 0.05) is 13.1 Å². The number of carbonyl (C=O) groups is 2. The first kappa shape index (κ1) is 17.7. The quantitative estimate of drug-likeness (QED) is 0.774. The van der Waals surface area contributed by atoms with Crippen LogP contribution in [0.25, 0.3) is 0 Å². The molecule has 0 rings (SSSR count). The van der Waals surface area contributed by atoms with Crippen LogP contribution >= 0.6 is 0 Å². The first-order valence-corrected chi connectivity index (χ1v) is 6.70. The lowest BCUT2D eigenvalue weighted by Gasteiger charge is -2.33. The number of nitrogens with zero attached hydrogens (tertiary/aromatic N) is 1. The van der Waals surface area contributed by atoms with Crippen molar-refractivity contribution in [3.8, 4) is 0 Å². The monoisotopic (exact) mass is 273 g/mol. The average molecular weight is 273 g/mol. The van der Waals surface area contributed by atoms with Crippen molar-refractivity contribution in [2.45, 2.75) is 41.0 Å². The molecule has 0 aromatic heterocycles. The van der Waals surface area contributed by atoms with Crippen molar-refractivity contribution in [3.05, 3.63) is 0 Å². The minimum absolute atomic E-state index is 0.0330. The number of hydrogen-bond acceptors (Lipinski definition) is 3. The van der Waals surface area contributed by atoms with Crippen LogP contribution in [-0.4, -0.2) is 42.3 Å². The van der Waals surface area contributed by atoms with Crippen LogP contribution in [0.5, 0.6) is 0 Å². The van der Waals surface area contributed by atoms with E-state index in [0.717, 1.165) is 6.42 Å². The molecule has 0 radical (unpaired) electrons. The van der Waals surface area contributed by atoms with Gasteiger partial charge in [0.1, 0.15) is 0 Å². The SMILES string of the molecule is CCC(C)(C)CN(CC(C(=O)O)C(C)C)C(=O)OC. The van der Waals surface area contributed by atoms with E-state index in [2.05, 4.69) is 0 Å². The van der Waals surface area contributed by atoms with Crippen LogP contribution in [0.3, 0.4) is 0 Å². The van der Waals surface area contributed by atoms with Crippen LogP contribution in [0.4, 0.5) is 4.79 Å². The number of rotatable bonds is 7. The summed E-state index contributed by atoms with van der Waals surface area (Å²) in [5.74, 6) is -1.49. The Balaban J connectivity index is 4.96. The molecule has 112 valence electrons. The fourth-order valence-electron chi connectivity index (χ4n) is 1.77. The summed E-state index contributed by atoms with van der Waals surface area (Å²) in [7, 11) is 1.32. The molecule has 0 aliphatic heterocycles. The lowest BCUT2D eigenvalue weighted by Crippen LogP contribution is -2.44. The molecule has 0 bridgehead atoms. The minimum atomic E-state index is -0.877. The Morgan fingerprint density at radius 1 is 1.32 bits per heavy atom. The first-order chi connectivity index (χ1) is 8.64. The van der Waals surface area contributed by atoms with Gasteiger partial charge in [0.25, 0.3) is 0 Å². The summed E-state index contributed by atoms with van der Waals surface area (Å²) in [5, 5.41) is 9.22. The van der Waals surface area contributed by atoms with Gasteiger partial charge in [-0.2, -0.15) is 0 Å². The molecule has 0 fully saturated rings. The van der Waals surface area contributed by atoms with Gasteiger partial charge >= 0.3 is 12.1 Å². The third kappa shape index (κ3) is 5.94. The van der Waals surface area contributed by atoms with E-state index < -0.39 is 18.0 Å². The zero-order valence-electron chi connectivity index (χ0n) is 12.9. The highest BCUT2D eigenvalue weighted by Gasteiger charge is 2.30. The standard InChI is InChI=1S/C14H27NO4/c1-7-14(4,5)9-15(13(18)19-6)8-11(10(2)3)12(16)17/h10-11H,7-9H2,1-6H3,(H,16,17). The lowest BCUT2D eigenvalue weighted by molar-refractivity contribution is -0.143. The summed E-state index contributed by atoms with van der Waals surface area (Å²) in [4.78, 5) is 24.5. The zero-order chi connectivity index (χ0) is 15.2. The van der Waals surface area contributed by atoms with Crippen molar-refractivity contribution in [1.29, 1.82) is 0 Å². The molecule has 5 nitrogen and oxygen atoms in total. The molecular weight excluding hydrogens is 246 g/mol. The fraction of sp³-hybridized carbons (Fsp3) is 0.857. The molecule has 0 heterocycles. The van der Waals surface area contributed by atoms with Gasteiger partial charge in [-0.1, -0.05) is 34.6 Å². The summed E-state index contributed by atoms with van der Waals surface area (Å²) in [6.45, 7) is 10.5. The topological polar surface area (TPSA) is 66.8 Å². The molecule has 0 saturated carbocycles. The smallest absolute Gasteiger partial charge is 0.409 e. The molecule has 1 N–H and O–H groups in total. The Morgan fingerprint density at radius 2 is 1.84 bits per heavy atom.